The minimum absolute atomic E-state index is 0.560. The number of anilines is 1. The van der Waals surface area contributed by atoms with Crippen LogP contribution in [0.25, 0.3) is 16.8 Å². The summed E-state index contributed by atoms with van der Waals surface area (Å²) in [5.74, 6) is 1.57. The van der Waals surface area contributed by atoms with Crippen LogP contribution >= 0.6 is 0 Å². The van der Waals surface area contributed by atoms with E-state index in [0.717, 1.165) is 22.8 Å². The Bertz CT molecular complexity index is 733. The van der Waals surface area contributed by atoms with Gasteiger partial charge in [0.15, 0.2) is 0 Å². The van der Waals surface area contributed by atoms with Crippen LogP contribution in [0.15, 0.2) is 18.2 Å². The molecular formula is C14H17N5. The summed E-state index contributed by atoms with van der Waals surface area (Å²) in [4.78, 5) is 9.08. The Kier molecular flexibility index (Phi) is 2.27. The molecule has 0 unspecified atom stereocenters. The van der Waals surface area contributed by atoms with Gasteiger partial charge in [0, 0.05) is 6.04 Å². The summed E-state index contributed by atoms with van der Waals surface area (Å²) in [6, 6.07) is 6.83. The van der Waals surface area contributed by atoms with Gasteiger partial charge in [-0.25, -0.2) is 9.50 Å². The summed E-state index contributed by atoms with van der Waals surface area (Å²) in [5.41, 5.74) is 3.29. The average molecular weight is 255 g/mol. The monoisotopic (exact) mass is 255 g/mol. The van der Waals surface area contributed by atoms with E-state index < -0.39 is 0 Å². The highest BCUT2D eigenvalue weighted by Crippen LogP contribution is 2.22. The number of benzene rings is 1. The lowest BCUT2D eigenvalue weighted by Crippen LogP contribution is -2.15. The molecule has 2 N–H and O–H groups in total. The fourth-order valence-corrected chi connectivity index (χ4v) is 2.92. The molecule has 3 aromatic rings. The van der Waals surface area contributed by atoms with Crippen LogP contribution in [-0.4, -0.2) is 25.6 Å². The number of nitrogens with one attached hydrogen (secondary N) is 2. The number of imidazole rings is 1. The van der Waals surface area contributed by atoms with E-state index >= 15 is 0 Å². The van der Waals surface area contributed by atoms with Crippen molar-refractivity contribution < 1.29 is 0 Å². The SMILES string of the molecule is Cc1ccc2c(c1)nc1nc(NC3CCCC3)[nH]n12. The summed E-state index contributed by atoms with van der Waals surface area (Å²) in [6.45, 7) is 2.08. The number of aromatic nitrogens is 4. The summed E-state index contributed by atoms with van der Waals surface area (Å²) in [6.07, 6.45) is 5.11. The number of fused-ring (bicyclic) bond motifs is 3. The fourth-order valence-electron chi connectivity index (χ4n) is 2.92. The molecule has 98 valence electrons. The molecule has 1 saturated carbocycles. The molecular weight excluding hydrogens is 238 g/mol. The first-order valence-corrected chi connectivity index (χ1v) is 6.91. The van der Waals surface area contributed by atoms with Crippen molar-refractivity contribution >= 4 is 22.8 Å². The van der Waals surface area contributed by atoms with Crippen LogP contribution in [0.2, 0.25) is 0 Å². The number of rotatable bonds is 2. The highest BCUT2D eigenvalue weighted by Gasteiger charge is 2.17. The van der Waals surface area contributed by atoms with Crippen LogP contribution in [0.4, 0.5) is 5.95 Å². The van der Waals surface area contributed by atoms with Gasteiger partial charge in [-0.2, -0.15) is 4.98 Å². The molecule has 4 rings (SSSR count). The summed E-state index contributed by atoms with van der Waals surface area (Å²) in [7, 11) is 0. The number of nitrogens with zero attached hydrogens (tertiary/aromatic N) is 3. The van der Waals surface area contributed by atoms with Crippen molar-refractivity contribution in [2.45, 2.75) is 38.6 Å². The number of hydrogen-bond acceptors (Lipinski definition) is 3. The van der Waals surface area contributed by atoms with Gasteiger partial charge in [0.05, 0.1) is 11.0 Å². The predicted molar refractivity (Wildman–Crippen MR) is 75.5 cm³/mol. The smallest absolute Gasteiger partial charge is 0.253 e. The van der Waals surface area contributed by atoms with Crippen molar-refractivity contribution in [1.82, 2.24) is 19.6 Å². The second-order valence-corrected chi connectivity index (χ2v) is 5.44. The van der Waals surface area contributed by atoms with E-state index in [4.69, 9.17) is 0 Å². The largest absolute Gasteiger partial charge is 0.352 e. The highest BCUT2D eigenvalue weighted by atomic mass is 15.4. The standard InChI is InChI=1S/C14H17N5/c1-9-6-7-12-11(8-9)16-14-17-13(18-19(12)14)15-10-4-2-3-5-10/h6-8,10H,2-5H2,1H3,(H2,15,16,17,18). The lowest BCUT2D eigenvalue weighted by atomic mass is 10.2. The first-order valence-electron chi connectivity index (χ1n) is 6.91. The topological polar surface area (TPSA) is 58.0 Å². The molecule has 0 aliphatic heterocycles. The zero-order chi connectivity index (χ0) is 12.8. The molecule has 5 heteroatoms. The van der Waals surface area contributed by atoms with E-state index in [2.05, 4.69) is 45.5 Å². The maximum atomic E-state index is 4.55. The Hall–Kier alpha value is -2.04. The summed E-state index contributed by atoms with van der Waals surface area (Å²) < 4.78 is 1.95. The Labute approximate surface area is 111 Å². The van der Waals surface area contributed by atoms with Crippen LogP contribution < -0.4 is 5.32 Å². The van der Waals surface area contributed by atoms with Crippen molar-refractivity contribution in [1.29, 1.82) is 0 Å². The molecule has 19 heavy (non-hydrogen) atoms. The van der Waals surface area contributed by atoms with Crippen LogP contribution in [0.5, 0.6) is 0 Å². The average Bonchev–Trinajstić information content (AvgIpc) is 3.05. The molecule has 1 aromatic carbocycles. The van der Waals surface area contributed by atoms with Gasteiger partial charge in [0.2, 0.25) is 5.95 Å². The Morgan fingerprint density at radius 3 is 2.95 bits per heavy atom. The second kappa shape index (κ2) is 3.98. The molecule has 0 spiro atoms. The van der Waals surface area contributed by atoms with Crippen molar-refractivity contribution in [3.8, 4) is 0 Å². The number of H-pyrrole nitrogens is 1. The molecule has 0 amide bonds. The van der Waals surface area contributed by atoms with E-state index in [1.165, 1.54) is 31.2 Å². The molecule has 2 aromatic heterocycles. The number of aryl methyl sites for hydroxylation is 1. The molecule has 0 radical (unpaired) electrons. The maximum Gasteiger partial charge on any atom is 0.253 e. The minimum Gasteiger partial charge on any atom is -0.352 e. The van der Waals surface area contributed by atoms with Gasteiger partial charge in [-0.1, -0.05) is 18.9 Å². The fraction of sp³-hybridized carbons (Fsp3) is 0.429. The Balaban J connectivity index is 1.74. The predicted octanol–water partition coefficient (Wildman–Crippen LogP) is 2.87. The van der Waals surface area contributed by atoms with E-state index in [9.17, 15) is 0 Å². The first-order chi connectivity index (χ1) is 9.29. The highest BCUT2D eigenvalue weighted by molar-refractivity contribution is 5.80. The molecule has 0 saturated heterocycles. The van der Waals surface area contributed by atoms with Crippen molar-refractivity contribution in [3.05, 3.63) is 23.8 Å². The van der Waals surface area contributed by atoms with Crippen LogP contribution in [0, 0.1) is 6.92 Å². The van der Waals surface area contributed by atoms with Crippen LogP contribution in [0.1, 0.15) is 31.2 Å². The zero-order valence-electron chi connectivity index (χ0n) is 11.0. The first kappa shape index (κ1) is 10.8. The van der Waals surface area contributed by atoms with Crippen LogP contribution in [0.3, 0.4) is 0 Å². The third-order valence-electron chi connectivity index (χ3n) is 3.92. The normalized spacial score (nSPS) is 16.7. The minimum atomic E-state index is 0.560. The molecule has 1 fully saturated rings. The van der Waals surface area contributed by atoms with Crippen molar-refractivity contribution in [2.24, 2.45) is 0 Å². The lowest BCUT2D eigenvalue weighted by molar-refractivity contribution is 0.744. The Morgan fingerprint density at radius 2 is 2.11 bits per heavy atom. The second-order valence-electron chi connectivity index (χ2n) is 5.44. The van der Waals surface area contributed by atoms with E-state index in [0.29, 0.717) is 6.04 Å². The van der Waals surface area contributed by atoms with E-state index in [1.54, 1.807) is 0 Å². The van der Waals surface area contributed by atoms with Gasteiger partial charge < -0.3 is 5.32 Å². The number of hydrogen-bond donors (Lipinski definition) is 2. The van der Waals surface area contributed by atoms with Gasteiger partial charge in [0.25, 0.3) is 5.78 Å². The Morgan fingerprint density at radius 1 is 1.26 bits per heavy atom. The van der Waals surface area contributed by atoms with Crippen LogP contribution in [-0.2, 0) is 0 Å². The van der Waals surface area contributed by atoms with Crippen molar-refractivity contribution in [3.63, 3.8) is 0 Å². The van der Waals surface area contributed by atoms with Gasteiger partial charge in [0.1, 0.15) is 0 Å². The lowest BCUT2D eigenvalue weighted by Gasteiger charge is -2.09. The quantitative estimate of drug-likeness (QED) is 0.740. The maximum absolute atomic E-state index is 4.55. The zero-order valence-corrected chi connectivity index (χ0v) is 11.0. The molecule has 0 atom stereocenters. The van der Waals surface area contributed by atoms with Gasteiger partial charge >= 0.3 is 0 Å². The van der Waals surface area contributed by atoms with Crippen molar-refractivity contribution in [2.75, 3.05) is 5.32 Å². The summed E-state index contributed by atoms with van der Waals surface area (Å²) >= 11 is 0. The molecule has 5 nitrogen and oxygen atoms in total. The number of aromatic amines is 1. The molecule has 0 bridgehead atoms. The third-order valence-corrected chi connectivity index (χ3v) is 3.92. The van der Waals surface area contributed by atoms with E-state index in [-0.39, 0.29) is 0 Å². The van der Waals surface area contributed by atoms with E-state index in [1.807, 2.05) is 4.52 Å². The van der Waals surface area contributed by atoms with Gasteiger partial charge in [-0.15, -0.1) is 0 Å². The van der Waals surface area contributed by atoms with Gasteiger partial charge in [-0.3, -0.25) is 5.10 Å². The van der Waals surface area contributed by atoms with Gasteiger partial charge in [-0.05, 0) is 37.5 Å². The molecule has 1 aliphatic rings. The summed E-state index contributed by atoms with van der Waals surface area (Å²) in [5, 5.41) is 6.76. The molecule has 2 heterocycles. The molecule has 1 aliphatic carbocycles. The third kappa shape index (κ3) is 1.77.